The van der Waals surface area contributed by atoms with Crippen molar-refractivity contribution in [3.05, 3.63) is 52.7 Å². The number of carbonyl (C=O) groups excluding carboxylic acids is 2. The Hall–Kier alpha value is -2.14. The van der Waals surface area contributed by atoms with Gasteiger partial charge in [0.05, 0.1) is 0 Å². The maximum Gasteiger partial charge on any atom is 0.249 e. The number of nitrogens with zero attached hydrogens (tertiary/aromatic N) is 1. The van der Waals surface area contributed by atoms with E-state index in [1.165, 1.54) is 4.88 Å². The summed E-state index contributed by atoms with van der Waals surface area (Å²) in [5, 5.41) is 4.97. The number of hydrogen-bond acceptors (Lipinski definition) is 3. The molecule has 0 spiro atoms. The molecule has 1 aromatic heterocycles. The molecule has 0 radical (unpaired) electrons. The predicted molar refractivity (Wildman–Crippen MR) is 97.2 cm³/mol. The summed E-state index contributed by atoms with van der Waals surface area (Å²) in [5.74, 6) is -0.0288. The van der Waals surface area contributed by atoms with E-state index in [-0.39, 0.29) is 11.8 Å². The SMILES string of the molecule is O=C(CCCc1cccs1)N[C@H]1CCCN(c2ccccc2)C1=O. The summed E-state index contributed by atoms with van der Waals surface area (Å²) in [6.07, 6.45) is 3.82. The molecule has 0 aliphatic carbocycles. The van der Waals surface area contributed by atoms with Gasteiger partial charge in [-0.15, -0.1) is 11.3 Å². The molecule has 1 aliphatic heterocycles. The Morgan fingerprint density at radius 2 is 2.04 bits per heavy atom. The second-order valence-corrected chi connectivity index (χ2v) is 7.05. The molecule has 1 saturated heterocycles. The van der Waals surface area contributed by atoms with Crippen LogP contribution in [0.3, 0.4) is 0 Å². The van der Waals surface area contributed by atoms with Gasteiger partial charge < -0.3 is 10.2 Å². The number of benzene rings is 1. The van der Waals surface area contributed by atoms with Crippen molar-refractivity contribution in [2.45, 2.75) is 38.1 Å². The summed E-state index contributed by atoms with van der Waals surface area (Å²) in [6.45, 7) is 0.716. The molecular weight excluding hydrogens is 320 g/mol. The standard InChI is InChI=1S/C19H22N2O2S/c22-18(12-4-9-16-10-6-14-24-16)20-17-11-5-13-21(19(17)23)15-7-2-1-3-8-15/h1-3,6-8,10,14,17H,4-5,9,11-13H2,(H,20,22)/t17-/m0/s1. The summed E-state index contributed by atoms with van der Waals surface area (Å²) < 4.78 is 0. The largest absolute Gasteiger partial charge is 0.344 e. The molecule has 2 aromatic rings. The number of rotatable bonds is 6. The molecular formula is C19H22N2O2S. The third kappa shape index (κ3) is 4.23. The number of hydrogen-bond donors (Lipinski definition) is 1. The van der Waals surface area contributed by atoms with E-state index in [0.717, 1.165) is 31.4 Å². The van der Waals surface area contributed by atoms with Crippen molar-refractivity contribution in [3.8, 4) is 0 Å². The quantitative estimate of drug-likeness (QED) is 0.875. The maximum absolute atomic E-state index is 12.6. The molecule has 2 amide bonds. The van der Waals surface area contributed by atoms with Gasteiger partial charge in [0.25, 0.3) is 0 Å². The Bertz CT molecular complexity index is 670. The van der Waals surface area contributed by atoms with Crippen LogP contribution >= 0.6 is 11.3 Å². The van der Waals surface area contributed by atoms with E-state index in [1.54, 1.807) is 16.2 Å². The van der Waals surface area contributed by atoms with E-state index in [2.05, 4.69) is 11.4 Å². The molecule has 4 nitrogen and oxygen atoms in total. The molecule has 5 heteroatoms. The summed E-state index contributed by atoms with van der Waals surface area (Å²) in [4.78, 5) is 27.9. The number of amides is 2. The molecule has 3 rings (SSSR count). The van der Waals surface area contributed by atoms with Crippen LogP contribution in [0.4, 0.5) is 5.69 Å². The number of para-hydroxylation sites is 1. The van der Waals surface area contributed by atoms with Crippen LogP contribution in [0.15, 0.2) is 47.8 Å². The highest BCUT2D eigenvalue weighted by molar-refractivity contribution is 7.09. The first kappa shape index (κ1) is 16.7. The number of anilines is 1. The smallest absolute Gasteiger partial charge is 0.249 e. The lowest BCUT2D eigenvalue weighted by Gasteiger charge is -2.32. The molecule has 1 N–H and O–H groups in total. The third-order valence-corrected chi connectivity index (χ3v) is 5.19. The number of piperidine rings is 1. The van der Waals surface area contributed by atoms with Crippen molar-refractivity contribution in [2.24, 2.45) is 0 Å². The van der Waals surface area contributed by atoms with E-state index >= 15 is 0 Å². The van der Waals surface area contributed by atoms with Crippen LogP contribution in [0.5, 0.6) is 0 Å². The topological polar surface area (TPSA) is 49.4 Å². The zero-order valence-corrected chi connectivity index (χ0v) is 14.4. The minimum absolute atomic E-state index is 0.000873. The van der Waals surface area contributed by atoms with E-state index in [0.29, 0.717) is 13.0 Å². The minimum atomic E-state index is -0.395. The Kier molecular flexibility index (Phi) is 5.64. The van der Waals surface area contributed by atoms with Gasteiger partial charge >= 0.3 is 0 Å². The van der Waals surface area contributed by atoms with Crippen LogP contribution in [0.25, 0.3) is 0 Å². The number of carbonyl (C=O) groups is 2. The lowest BCUT2D eigenvalue weighted by Crippen LogP contribution is -2.52. The van der Waals surface area contributed by atoms with Crippen molar-refractivity contribution >= 4 is 28.8 Å². The Morgan fingerprint density at radius 1 is 1.21 bits per heavy atom. The molecule has 126 valence electrons. The fraction of sp³-hybridized carbons (Fsp3) is 0.368. The lowest BCUT2D eigenvalue weighted by molar-refractivity contribution is -0.128. The highest BCUT2D eigenvalue weighted by Gasteiger charge is 2.30. The highest BCUT2D eigenvalue weighted by Crippen LogP contribution is 2.21. The fourth-order valence-corrected chi connectivity index (χ4v) is 3.77. The molecule has 1 aliphatic rings. The Morgan fingerprint density at radius 3 is 2.79 bits per heavy atom. The van der Waals surface area contributed by atoms with Crippen molar-refractivity contribution in [1.29, 1.82) is 0 Å². The zero-order valence-electron chi connectivity index (χ0n) is 13.6. The van der Waals surface area contributed by atoms with Crippen LogP contribution in [0.2, 0.25) is 0 Å². The van der Waals surface area contributed by atoms with E-state index in [4.69, 9.17) is 0 Å². The van der Waals surface area contributed by atoms with Crippen molar-refractivity contribution < 1.29 is 9.59 Å². The third-order valence-electron chi connectivity index (χ3n) is 4.25. The van der Waals surface area contributed by atoms with Gasteiger partial charge in [0.2, 0.25) is 11.8 Å². The maximum atomic E-state index is 12.6. The molecule has 0 bridgehead atoms. The van der Waals surface area contributed by atoms with Crippen molar-refractivity contribution in [3.63, 3.8) is 0 Å². The summed E-state index contributed by atoms with van der Waals surface area (Å²) in [5.41, 5.74) is 0.902. The normalized spacial score (nSPS) is 17.8. The highest BCUT2D eigenvalue weighted by atomic mass is 32.1. The summed E-state index contributed by atoms with van der Waals surface area (Å²) in [6, 6.07) is 13.4. The number of thiophene rings is 1. The first-order valence-electron chi connectivity index (χ1n) is 8.42. The van der Waals surface area contributed by atoms with E-state index in [1.807, 2.05) is 41.8 Å². The second-order valence-electron chi connectivity index (χ2n) is 6.02. The molecule has 24 heavy (non-hydrogen) atoms. The second kappa shape index (κ2) is 8.11. The van der Waals surface area contributed by atoms with Crippen molar-refractivity contribution in [1.82, 2.24) is 5.32 Å². The lowest BCUT2D eigenvalue weighted by atomic mass is 10.0. The predicted octanol–water partition coefficient (Wildman–Crippen LogP) is 3.38. The van der Waals surface area contributed by atoms with Gasteiger partial charge in [-0.1, -0.05) is 24.3 Å². The van der Waals surface area contributed by atoms with Gasteiger partial charge in [-0.2, -0.15) is 0 Å². The van der Waals surface area contributed by atoms with Gasteiger partial charge in [-0.3, -0.25) is 9.59 Å². The average molecular weight is 342 g/mol. The summed E-state index contributed by atoms with van der Waals surface area (Å²) >= 11 is 1.72. The number of nitrogens with one attached hydrogen (secondary N) is 1. The molecule has 2 heterocycles. The first-order valence-corrected chi connectivity index (χ1v) is 9.30. The molecule has 1 fully saturated rings. The van der Waals surface area contributed by atoms with Crippen LogP contribution in [0.1, 0.15) is 30.6 Å². The van der Waals surface area contributed by atoms with Gasteiger partial charge in [0.1, 0.15) is 6.04 Å². The zero-order chi connectivity index (χ0) is 16.8. The van der Waals surface area contributed by atoms with Gasteiger partial charge in [0.15, 0.2) is 0 Å². The fourth-order valence-electron chi connectivity index (χ4n) is 3.02. The monoisotopic (exact) mass is 342 g/mol. The Labute approximate surface area is 146 Å². The van der Waals surface area contributed by atoms with Crippen LogP contribution in [0, 0.1) is 0 Å². The van der Waals surface area contributed by atoms with Gasteiger partial charge in [-0.25, -0.2) is 0 Å². The number of aryl methyl sites for hydroxylation is 1. The summed E-state index contributed by atoms with van der Waals surface area (Å²) in [7, 11) is 0. The first-order chi connectivity index (χ1) is 11.7. The van der Waals surface area contributed by atoms with Gasteiger partial charge in [-0.05, 0) is 49.3 Å². The van der Waals surface area contributed by atoms with E-state index < -0.39 is 6.04 Å². The molecule has 0 saturated carbocycles. The molecule has 1 atom stereocenters. The van der Waals surface area contributed by atoms with Gasteiger partial charge in [0, 0.05) is 23.5 Å². The minimum Gasteiger partial charge on any atom is -0.344 e. The Balaban J connectivity index is 1.50. The van der Waals surface area contributed by atoms with Crippen molar-refractivity contribution in [2.75, 3.05) is 11.4 Å². The molecule has 0 unspecified atom stereocenters. The molecule has 1 aromatic carbocycles. The van der Waals surface area contributed by atoms with E-state index in [9.17, 15) is 9.59 Å². The van der Waals surface area contributed by atoms with Crippen LogP contribution in [-0.4, -0.2) is 24.4 Å². The average Bonchev–Trinajstić information content (AvgIpc) is 3.11. The van der Waals surface area contributed by atoms with Crippen LogP contribution in [-0.2, 0) is 16.0 Å². The van der Waals surface area contributed by atoms with Crippen LogP contribution < -0.4 is 10.2 Å².